The zero-order valence-electron chi connectivity index (χ0n) is 14.1. The number of anilines is 1. The van der Waals surface area contributed by atoms with Crippen molar-refractivity contribution in [1.29, 1.82) is 5.26 Å². The number of nitrogens with two attached hydrogens (primary N) is 1. The third-order valence-corrected chi connectivity index (χ3v) is 3.93. The average Bonchev–Trinajstić information content (AvgIpc) is 2.58. The maximum atomic E-state index is 12.5. The third kappa shape index (κ3) is 4.36. The van der Waals surface area contributed by atoms with Gasteiger partial charge in [0.05, 0.1) is 12.0 Å². The van der Waals surface area contributed by atoms with E-state index in [0.29, 0.717) is 11.6 Å². The lowest BCUT2D eigenvalue weighted by Crippen LogP contribution is -2.30. The van der Waals surface area contributed by atoms with E-state index in [1.54, 1.807) is 0 Å². The first-order chi connectivity index (χ1) is 11.5. The van der Waals surface area contributed by atoms with E-state index in [1.165, 1.54) is 0 Å². The standard InChI is InChI=1S/C20H23N3O/c1-14(2)12-18(20(24)23-11-10-21)16-7-5-6-15(13-16)17-8-3-4-9-19(17)22/h3-9,13-14,18H,11-12,22H2,1-2H3,(H,23,24). The number of amides is 1. The van der Waals surface area contributed by atoms with Crippen LogP contribution in [-0.4, -0.2) is 12.5 Å². The first-order valence-corrected chi connectivity index (χ1v) is 8.12. The van der Waals surface area contributed by atoms with Gasteiger partial charge in [-0.1, -0.05) is 56.3 Å². The Morgan fingerprint density at radius 3 is 2.62 bits per heavy atom. The number of carbonyl (C=O) groups is 1. The molecule has 1 amide bonds. The predicted molar refractivity (Wildman–Crippen MR) is 97.1 cm³/mol. The second kappa shape index (κ2) is 8.16. The molecule has 2 aromatic rings. The molecule has 0 aromatic heterocycles. The van der Waals surface area contributed by atoms with Crippen LogP contribution in [0.2, 0.25) is 0 Å². The third-order valence-electron chi connectivity index (χ3n) is 3.93. The van der Waals surface area contributed by atoms with Gasteiger partial charge in [-0.2, -0.15) is 5.26 Å². The Morgan fingerprint density at radius 1 is 1.21 bits per heavy atom. The minimum absolute atomic E-state index is 0.0265. The number of nitriles is 1. The molecule has 1 unspecified atom stereocenters. The molecule has 0 spiro atoms. The fourth-order valence-corrected chi connectivity index (χ4v) is 2.80. The molecule has 0 bridgehead atoms. The summed E-state index contributed by atoms with van der Waals surface area (Å²) in [6.07, 6.45) is 0.727. The quantitative estimate of drug-likeness (QED) is 0.629. The number of para-hydroxylation sites is 1. The van der Waals surface area contributed by atoms with Crippen molar-refractivity contribution in [3.05, 3.63) is 54.1 Å². The molecule has 0 heterocycles. The molecule has 0 saturated heterocycles. The molecule has 24 heavy (non-hydrogen) atoms. The van der Waals surface area contributed by atoms with Crippen LogP contribution in [-0.2, 0) is 4.79 Å². The predicted octanol–water partition coefficient (Wildman–Crippen LogP) is 3.71. The van der Waals surface area contributed by atoms with Gasteiger partial charge in [0.25, 0.3) is 0 Å². The van der Waals surface area contributed by atoms with Crippen LogP contribution in [0.3, 0.4) is 0 Å². The summed E-state index contributed by atoms with van der Waals surface area (Å²) in [5.74, 6) is -0.0139. The Kier molecular flexibility index (Phi) is 5.97. The van der Waals surface area contributed by atoms with Gasteiger partial charge in [0.1, 0.15) is 6.54 Å². The van der Waals surface area contributed by atoms with Crippen LogP contribution in [0.25, 0.3) is 11.1 Å². The lowest BCUT2D eigenvalue weighted by Gasteiger charge is -2.19. The fraction of sp³-hybridized carbons (Fsp3) is 0.300. The molecule has 0 aliphatic rings. The van der Waals surface area contributed by atoms with Gasteiger partial charge in [-0.15, -0.1) is 0 Å². The number of nitrogens with zero attached hydrogens (tertiary/aromatic N) is 1. The largest absolute Gasteiger partial charge is 0.398 e. The van der Waals surface area contributed by atoms with Crippen molar-refractivity contribution in [3.8, 4) is 17.2 Å². The van der Waals surface area contributed by atoms with Gasteiger partial charge in [0, 0.05) is 11.3 Å². The highest BCUT2D eigenvalue weighted by Crippen LogP contribution is 2.30. The molecule has 4 heteroatoms. The van der Waals surface area contributed by atoms with E-state index >= 15 is 0 Å². The highest BCUT2D eigenvalue weighted by molar-refractivity contribution is 5.85. The maximum Gasteiger partial charge on any atom is 0.228 e. The molecule has 2 rings (SSSR count). The van der Waals surface area contributed by atoms with Crippen LogP contribution in [0.1, 0.15) is 31.7 Å². The molecule has 1 atom stereocenters. The number of hydrogen-bond acceptors (Lipinski definition) is 3. The summed E-state index contributed by atoms with van der Waals surface area (Å²) in [7, 11) is 0. The lowest BCUT2D eigenvalue weighted by molar-refractivity contribution is -0.122. The van der Waals surface area contributed by atoms with Crippen molar-refractivity contribution < 1.29 is 4.79 Å². The topological polar surface area (TPSA) is 78.9 Å². The molecular weight excluding hydrogens is 298 g/mol. The van der Waals surface area contributed by atoms with Crippen LogP contribution in [0.4, 0.5) is 5.69 Å². The van der Waals surface area contributed by atoms with Crippen molar-refractivity contribution in [3.63, 3.8) is 0 Å². The second-order valence-electron chi connectivity index (χ2n) is 6.27. The SMILES string of the molecule is CC(C)CC(C(=O)NCC#N)c1cccc(-c2ccccc2N)c1. The number of hydrogen-bond donors (Lipinski definition) is 2. The summed E-state index contributed by atoms with van der Waals surface area (Å²) < 4.78 is 0. The van der Waals surface area contributed by atoms with E-state index < -0.39 is 0 Å². The molecule has 0 saturated carbocycles. The molecular formula is C20H23N3O. The average molecular weight is 321 g/mol. The smallest absolute Gasteiger partial charge is 0.228 e. The Hall–Kier alpha value is -2.80. The summed E-state index contributed by atoms with van der Waals surface area (Å²) in [4.78, 5) is 12.5. The van der Waals surface area contributed by atoms with Gasteiger partial charge in [-0.3, -0.25) is 4.79 Å². The first-order valence-electron chi connectivity index (χ1n) is 8.12. The molecule has 124 valence electrons. The first kappa shape index (κ1) is 17.6. The van der Waals surface area contributed by atoms with E-state index in [9.17, 15) is 4.79 Å². The summed E-state index contributed by atoms with van der Waals surface area (Å²) in [6.45, 7) is 4.20. The van der Waals surface area contributed by atoms with E-state index in [0.717, 1.165) is 23.1 Å². The minimum Gasteiger partial charge on any atom is -0.398 e. The highest BCUT2D eigenvalue weighted by Gasteiger charge is 2.22. The second-order valence-corrected chi connectivity index (χ2v) is 6.27. The van der Waals surface area contributed by atoms with Crippen molar-refractivity contribution >= 4 is 11.6 Å². The van der Waals surface area contributed by atoms with E-state index in [4.69, 9.17) is 11.0 Å². The number of nitrogen functional groups attached to an aromatic ring is 1. The molecule has 3 N–H and O–H groups in total. The summed E-state index contributed by atoms with van der Waals surface area (Å²) in [5, 5.41) is 11.4. The van der Waals surface area contributed by atoms with Crippen LogP contribution >= 0.6 is 0 Å². The van der Waals surface area contributed by atoms with Crippen LogP contribution < -0.4 is 11.1 Å². The van der Waals surface area contributed by atoms with Crippen molar-refractivity contribution in [1.82, 2.24) is 5.32 Å². The normalized spacial score (nSPS) is 11.8. The van der Waals surface area contributed by atoms with Gasteiger partial charge in [-0.25, -0.2) is 0 Å². The Balaban J connectivity index is 2.37. The van der Waals surface area contributed by atoms with Crippen LogP contribution in [0.15, 0.2) is 48.5 Å². The maximum absolute atomic E-state index is 12.5. The van der Waals surface area contributed by atoms with Gasteiger partial charge >= 0.3 is 0 Å². The molecule has 0 radical (unpaired) electrons. The molecule has 0 aliphatic carbocycles. The fourth-order valence-electron chi connectivity index (χ4n) is 2.80. The highest BCUT2D eigenvalue weighted by atomic mass is 16.1. The molecule has 2 aromatic carbocycles. The van der Waals surface area contributed by atoms with Gasteiger partial charge in [0.2, 0.25) is 5.91 Å². The van der Waals surface area contributed by atoms with Crippen molar-refractivity contribution in [2.45, 2.75) is 26.2 Å². The minimum atomic E-state index is -0.275. The van der Waals surface area contributed by atoms with E-state index in [-0.39, 0.29) is 18.4 Å². The van der Waals surface area contributed by atoms with Gasteiger partial charge in [-0.05, 0) is 29.5 Å². The number of benzene rings is 2. The lowest BCUT2D eigenvalue weighted by atomic mass is 9.87. The number of nitrogens with one attached hydrogen (secondary N) is 1. The zero-order valence-corrected chi connectivity index (χ0v) is 14.1. The Morgan fingerprint density at radius 2 is 1.96 bits per heavy atom. The molecule has 4 nitrogen and oxygen atoms in total. The summed E-state index contributed by atoms with van der Waals surface area (Å²) >= 11 is 0. The Labute approximate surface area is 143 Å². The summed E-state index contributed by atoms with van der Waals surface area (Å²) in [6, 6.07) is 17.6. The van der Waals surface area contributed by atoms with E-state index in [2.05, 4.69) is 19.2 Å². The van der Waals surface area contributed by atoms with Crippen molar-refractivity contribution in [2.24, 2.45) is 5.92 Å². The molecule has 0 aliphatic heterocycles. The number of rotatable bonds is 6. The molecule has 0 fully saturated rings. The van der Waals surface area contributed by atoms with E-state index in [1.807, 2.05) is 54.6 Å². The van der Waals surface area contributed by atoms with Crippen LogP contribution in [0.5, 0.6) is 0 Å². The van der Waals surface area contributed by atoms with Gasteiger partial charge < -0.3 is 11.1 Å². The van der Waals surface area contributed by atoms with Crippen molar-refractivity contribution in [2.75, 3.05) is 12.3 Å². The zero-order chi connectivity index (χ0) is 17.5. The van der Waals surface area contributed by atoms with Crippen LogP contribution in [0, 0.1) is 17.2 Å². The Bertz CT molecular complexity index is 747. The number of carbonyl (C=O) groups excluding carboxylic acids is 1. The monoisotopic (exact) mass is 321 g/mol. The summed E-state index contributed by atoms with van der Waals surface area (Å²) in [5.41, 5.74) is 9.68. The van der Waals surface area contributed by atoms with Gasteiger partial charge in [0.15, 0.2) is 0 Å².